The summed E-state index contributed by atoms with van der Waals surface area (Å²) in [5, 5.41) is 24.6. The monoisotopic (exact) mass is 528 g/mol. The van der Waals surface area contributed by atoms with Crippen molar-refractivity contribution in [1.29, 1.82) is 0 Å². The fourth-order valence-corrected chi connectivity index (χ4v) is 4.89. The molecule has 4 rings (SSSR count). The fraction of sp³-hybridized carbons (Fsp3) is 0.520. The number of nitrogens with zero attached hydrogens (tertiary/aromatic N) is 3. The summed E-state index contributed by atoms with van der Waals surface area (Å²) in [5.74, 6) is -0.0418. The van der Waals surface area contributed by atoms with Gasteiger partial charge in [-0.2, -0.15) is 13.2 Å². The number of nitrogens with one attached hydrogen (secondary N) is 1. The second-order valence-electron chi connectivity index (χ2n) is 10.3. The number of hydrogen-bond acceptors (Lipinski definition) is 6. The molecule has 7 nitrogen and oxygen atoms in total. The molecule has 0 aliphatic carbocycles. The summed E-state index contributed by atoms with van der Waals surface area (Å²) in [6.07, 6.45) is -4.50. The van der Waals surface area contributed by atoms with Crippen molar-refractivity contribution >= 4 is 11.0 Å². The molecule has 2 aromatic heterocycles. The Balaban J connectivity index is 1.55. The average Bonchev–Trinajstić information content (AvgIpc) is 3.17. The number of aromatic nitrogens is 3. The van der Waals surface area contributed by atoms with Crippen molar-refractivity contribution in [1.82, 2.24) is 19.9 Å². The van der Waals surface area contributed by atoms with E-state index in [2.05, 4.69) is 15.3 Å². The maximum atomic E-state index is 13.9. The van der Waals surface area contributed by atoms with Crippen molar-refractivity contribution in [3.05, 3.63) is 53.6 Å². The first kappa shape index (κ1) is 27.2. The smallest absolute Gasteiger partial charge is 0.418 e. The molecule has 0 saturated carbocycles. The van der Waals surface area contributed by atoms with Crippen LogP contribution in [-0.4, -0.2) is 49.0 Å². The van der Waals surface area contributed by atoms with Gasteiger partial charge in [-0.05, 0) is 45.7 Å². The Kier molecular flexibility index (Phi) is 7.21. The molecule has 3 N–H and O–H groups in total. The molecule has 1 saturated heterocycles. The van der Waals surface area contributed by atoms with Crippen LogP contribution < -0.4 is 10.1 Å². The van der Waals surface area contributed by atoms with Crippen LogP contribution in [0.5, 0.6) is 5.75 Å². The molecule has 12 heteroatoms. The van der Waals surface area contributed by atoms with Crippen LogP contribution in [0.15, 0.2) is 36.8 Å². The molecule has 202 valence electrons. The summed E-state index contributed by atoms with van der Waals surface area (Å²) in [6, 6.07) is 4.25. The first-order valence-corrected chi connectivity index (χ1v) is 11.8. The molecule has 1 fully saturated rings. The molecule has 1 aliphatic rings. The van der Waals surface area contributed by atoms with Gasteiger partial charge in [-0.3, -0.25) is 4.98 Å². The molecule has 0 amide bonds. The third kappa shape index (κ3) is 6.19. The van der Waals surface area contributed by atoms with Crippen LogP contribution in [0.2, 0.25) is 0 Å². The van der Waals surface area contributed by atoms with Crippen molar-refractivity contribution in [2.75, 3.05) is 6.61 Å². The zero-order valence-electron chi connectivity index (χ0n) is 20.6. The summed E-state index contributed by atoms with van der Waals surface area (Å²) in [6.45, 7) is 4.68. The van der Waals surface area contributed by atoms with E-state index in [1.54, 1.807) is 0 Å². The number of alkyl halides is 5. The van der Waals surface area contributed by atoms with Gasteiger partial charge in [-0.15, -0.1) is 0 Å². The molecular weight excluding hydrogens is 499 g/mol. The number of aliphatic hydroxyl groups is 2. The highest BCUT2D eigenvalue weighted by molar-refractivity contribution is 5.81. The topological polar surface area (TPSA) is 92.4 Å². The second kappa shape index (κ2) is 9.80. The highest BCUT2D eigenvalue weighted by Crippen LogP contribution is 2.39. The van der Waals surface area contributed by atoms with Gasteiger partial charge in [-0.1, -0.05) is 6.07 Å². The van der Waals surface area contributed by atoms with E-state index < -0.39 is 41.1 Å². The lowest BCUT2D eigenvalue weighted by Gasteiger charge is -2.41. The normalized spacial score (nSPS) is 23.1. The van der Waals surface area contributed by atoms with Gasteiger partial charge in [-0.25, -0.2) is 13.8 Å². The van der Waals surface area contributed by atoms with Crippen LogP contribution in [0.1, 0.15) is 56.9 Å². The Morgan fingerprint density at radius 3 is 2.51 bits per heavy atom. The van der Waals surface area contributed by atoms with Crippen LogP contribution >= 0.6 is 0 Å². The molecule has 1 aromatic carbocycles. The molecule has 1 aliphatic heterocycles. The lowest BCUT2D eigenvalue weighted by molar-refractivity contribution is -0.136. The van der Waals surface area contributed by atoms with E-state index in [1.165, 1.54) is 49.1 Å². The molecule has 0 bridgehead atoms. The van der Waals surface area contributed by atoms with Gasteiger partial charge in [0.15, 0.2) is 0 Å². The zero-order chi connectivity index (χ0) is 27.2. The van der Waals surface area contributed by atoms with Crippen molar-refractivity contribution in [2.45, 2.75) is 76.0 Å². The summed E-state index contributed by atoms with van der Waals surface area (Å²) in [7, 11) is 0. The van der Waals surface area contributed by atoms with E-state index in [0.29, 0.717) is 12.0 Å². The average molecular weight is 529 g/mol. The van der Waals surface area contributed by atoms with Crippen LogP contribution in [0.3, 0.4) is 0 Å². The predicted molar refractivity (Wildman–Crippen MR) is 125 cm³/mol. The Labute approximate surface area is 210 Å². The Morgan fingerprint density at radius 1 is 1.19 bits per heavy atom. The van der Waals surface area contributed by atoms with Gasteiger partial charge in [0.1, 0.15) is 18.1 Å². The minimum absolute atomic E-state index is 0.0418. The molecule has 3 aromatic rings. The van der Waals surface area contributed by atoms with E-state index in [9.17, 15) is 32.2 Å². The Morgan fingerprint density at radius 2 is 1.92 bits per heavy atom. The van der Waals surface area contributed by atoms with Gasteiger partial charge < -0.3 is 24.8 Å². The van der Waals surface area contributed by atoms with Gasteiger partial charge in [0.05, 0.1) is 40.7 Å². The number of hydrogen-bond donors (Lipinski definition) is 3. The first-order valence-electron chi connectivity index (χ1n) is 11.8. The van der Waals surface area contributed by atoms with Gasteiger partial charge in [0.25, 0.3) is 6.43 Å². The summed E-state index contributed by atoms with van der Waals surface area (Å²) < 4.78 is 74.6. The van der Waals surface area contributed by atoms with E-state index in [1.807, 2.05) is 6.92 Å². The number of fused-ring (bicyclic) bond motifs is 1. The molecule has 37 heavy (non-hydrogen) atoms. The highest BCUT2D eigenvalue weighted by atomic mass is 19.4. The van der Waals surface area contributed by atoms with Crippen molar-refractivity contribution < 1.29 is 36.9 Å². The molecule has 0 radical (unpaired) electrons. The van der Waals surface area contributed by atoms with E-state index >= 15 is 0 Å². The maximum Gasteiger partial charge on any atom is 0.418 e. The van der Waals surface area contributed by atoms with Gasteiger partial charge in [0, 0.05) is 29.9 Å². The van der Waals surface area contributed by atoms with Crippen LogP contribution in [0.25, 0.3) is 11.0 Å². The number of imidazole rings is 1. The Hall–Kier alpha value is -2.83. The van der Waals surface area contributed by atoms with E-state index in [0.717, 1.165) is 6.07 Å². The van der Waals surface area contributed by atoms with Crippen molar-refractivity contribution in [3.63, 3.8) is 0 Å². The number of halogens is 5. The van der Waals surface area contributed by atoms with Gasteiger partial charge >= 0.3 is 6.18 Å². The lowest BCUT2D eigenvalue weighted by Crippen LogP contribution is -2.53. The molecule has 0 unspecified atom stereocenters. The highest BCUT2D eigenvalue weighted by Gasteiger charge is 2.40. The number of piperidine rings is 1. The third-order valence-corrected chi connectivity index (χ3v) is 6.30. The van der Waals surface area contributed by atoms with Crippen LogP contribution in [0.4, 0.5) is 22.0 Å². The van der Waals surface area contributed by atoms with Crippen LogP contribution in [0, 0.1) is 0 Å². The molecule has 0 spiro atoms. The predicted octanol–water partition coefficient (Wildman–Crippen LogP) is 4.57. The standard InChI is InChI=1S/C25H29F5N4O3/c1-14-8-24(36,15-4-5-19(22(26)27)31-10-15)9-16(33-14)11-37-17-6-18(25(28,29)30)21-20(7-17)32-13-34(21)12-23(2,3)35/h4-7,10,13-14,16,22,33,35-36H,8-9,11-12H2,1-3H3/t14-,16-,24-/m0/s1. The molecular formula is C25H29F5N4O3. The van der Waals surface area contributed by atoms with Crippen molar-refractivity contribution in [3.8, 4) is 5.75 Å². The first-order chi connectivity index (χ1) is 17.1. The minimum atomic E-state index is -4.69. The summed E-state index contributed by atoms with van der Waals surface area (Å²) in [4.78, 5) is 7.82. The fourth-order valence-electron chi connectivity index (χ4n) is 4.89. The summed E-state index contributed by atoms with van der Waals surface area (Å²) >= 11 is 0. The quantitative estimate of drug-likeness (QED) is 0.390. The minimum Gasteiger partial charge on any atom is -0.492 e. The number of ether oxygens (including phenoxy) is 1. The molecule has 3 heterocycles. The largest absolute Gasteiger partial charge is 0.492 e. The van der Waals surface area contributed by atoms with E-state index in [-0.39, 0.29) is 42.4 Å². The number of rotatable bonds is 7. The Bertz CT molecular complexity index is 1240. The maximum absolute atomic E-state index is 13.9. The SMILES string of the molecule is C[C@H]1C[C@@](O)(c2ccc(C(F)F)nc2)C[C@@H](COc2cc(C(F)(F)F)c3c(c2)ncn3CC(C)(C)O)N1. The van der Waals surface area contributed by atoms with Crippen LogP contribution in [-0.2, 0) is 18.3 Å². The second-order valence-corrected chi connectivity index (χ2v) is 10.3. The third-order valence-electron chi connectivity index (χ3n) is 6.30. The number of benzene rings is 1. The zero-order valence-corrected chi connectivity index (χ0v) is 20.6. The van der Waals surface area contributed by atoms with E-state index in [4.69, 9.17) is 4.74 Å². The van der Waals surface area contributed by atoms with Crippen molar-refractivity contribution in [2.24, 2.45) is 0 Å². The summed E-state index contributed by atoms with van der Waals surface area (Å²) in [5.41, 5.74) is -3.65. The number of pyridine rings is 1. The molecule has 3 atom stereocenters. The lowest BCUT2D eigenvalue weighted by atomic mass is 9.79. The van der Waals surface area contributed by atoms with Gasteiger partial charge in [0.2, 0.25) is 0 Å².